The molecular formula is C12H23F3N2O. The van der Waals surface area contributed by atoms with E-state index in [1.165, 1.54) is 0 Å². The third kappa shape index (κ3) is 5.71. The normalized spacial score (nSPS) is 14.4. The minimum absolute atomic E-state index is 0.0731. The van der Waals surface area contributed by atoms with Crippen LogP contribution in [0, 0.1) is 5.92 Å². The van der Waals surface area contributed by atoms with Gasteiger partial charge in [-0.1, -0.05) is 13.8 Å². The first kappa shape index (κ1) is 17.2. The van der Waals surface area contributed by atoms with Crippen LogP contribution in [0.5, 0.6) is 0 Å². The van der Waals surface area contributed by atoms with Crippen molar-refractivity contribution in [2.45, 2.75) is 58.2 Å². The largest absolute Gasteiger partial charge is 0.392 e. The molecule has 0 saturated heterocycles. The monoisotopic (exact) mass is 268 g/mol. The molecule has 0 saturated carbocycles. The molecule has 0 radical (unpaired) electrons. The molecule has 1 amide bonds. The van der Waals surface area contributed by atoms with Gasteiger partial charge >= 0.3 is 6.18 Å². The summed E-state index contributed by atoms with van der Waals surface area (Å²) in [5, 5.41) is 2.67. The van der Waals surface area contributed by atoms with Crippen LogP contribution in [0.4, 0.5) is 13.2 Å². The number of nitrogens with two attached hydrogens (primary N) is 1. The van der Waals surface area contributed by atoms with E-state index in [9.17, 15) is 18.0 Å². The number of amides is 1. The van der Waals surface area contributed by atoms with Crippen molar-refractivity contribution >= 4 is 5.91 Å². The van der Waals surface area contributed by atoms with Crippen LogP contribution in [0.1, 0.15) is 46.5 Å². The van der Waals surface area contributed by atoms with E-state index in [-0.39, 0.29) is 13.0 Å². The third-order valence-corrected chi connectivity index (χ3v) is 3.41. The Morgan fingerprint density at radius 2 is 1.78 bits per heavy atom. The molecule has 0 bridgehead atoms. The molecule has 1 atom stereocenters. The highest BCUT2D eigenvalue weighted by Crippen LogP contribution is 2.31. The lowest BCUT2D eigenvalue weighted by Gasteiger charge is -2.29. The molecular weight excluding hydrogens is 245 g/mol. The summed E-state index contributed by atoms with van der Waals surface area (Å²) in [5.74, 6) is -2.21. The van der Waals surface area contributed by atoms with Gasteiger partial charge in [0, 0.05) is 12.0 Å². The molecule has 0 aliphatic carbocycles. The zero-order chi connectivity index (χ0) is 14.4. The van der Waals surface area contributed by atoms with Crippen LogP contribution in [0.2, 0.25) is 0 Å². The van der Waals surface area contributed by atoms with Crippen molar-refractivity contribution < 1.29 is 18.0 Å². The summed E-state index contributed by atoms with van der Waals surface area (Å²) in [5.41, 5.74) is 4.72. The molecule has 0 aromatic heterocycles. The molecule has 0 aliphatic heterocycles. The Morgan fingerprint density at radius 1 is 1.28 bits per heavy atom. The molecule has 3 N–H and O–H groups in total. The van der Waals surface area contributed by atoms with Crippen molar-refractivity contribution in [2.75, 3.05) is 6.54 Å². The van der Waals surface area contributed by atoms with Gasteiger partial charge in [0.25, 0.3) is 0 Å². The van der Waals surface area contributed by atoms with Gasteiger partial charge in [-0.2, -0.15) is 13.2 Å². The fourth-order valence-electron chi connectivity index (χ4n) is 1.62. The molecule has 3 nitrogen and oxygen atoms in total. The summed E-state index contributed by atoms with van der Waals surface area (Å²) in [4.78, 5) is 11.7. The highest BCUT2D eigenvalue weighted by Gasteiger charge is 2.40. The Balaban J connectivity index is 4.52. The average molecular weight is 268 g/mol. The molecule has 18 heavy (non-hydrogen) atoms. The highest BCUT2D eigenvalue weighted by atomic mass is 19.4. The minimum atomic E-state index is -4.37. The maximum absolute atomic E-state index is 12.6. The number of nitrogens with one attached hydrogen (secondary N) is 1. The molecule has 0 rings (SSSR count). The van der Waals surface area contributed by atoms with Crippen LogP contribution in [-0.2, 0) is 4.79 Å². The first-order chi connectivity index (χ1) is 8.18. The summed E-state index contributed by atoms with van der Waals surface area (Å²) in [7, 11) is 0. The zero-order valence-corrected chi connectivity index (χ0v) is 11.2. The van der Waals surface area contributed by atoms with E-state index in [1.54, 1.807) is 0 Å². The van der Waals surface area contributed by atoms with Gasteiger partial charge in [0.05, 0.1) is 5.92 Å². The maximum Gasteiger partial charge on any atom is 0.392 e. The van der Waals surface area contributed by atoms with Gasteiger partial charge in [-0.15, -0.1) is 0 Å². The van der Waals surface area contributed by atoms with Gasteiger partial charge in [0.1, 0.15) is 0 Å². The molecule has 6 heteroatoms. The Labute approximate surface area is 106 Å². The van der Waals surface area contributed by atoms with E-state index in [0.717, 1.165) is 0 Å². The number of halogens is 3. The van der Waals surface area contributed by atoms with Crippen LogP contribution in [0.25, 0.3) is 0 Å². The average Bonchev–Trinajstić information content (AvgIpc) is 2.27. The van der Waals surface area contributed by atoms with Crippen molar-refractivity contribution in [3.63, 3.8) is 0 Å². The van der Waals surface area contributed by atoms with Crippen molar-refractivity contribution in [2.24, 2.45) is 11.7 Å². The molecule has 0 spiro atoms. The van der Waals surface area contributed by atoms with Gasteiger partial charge in [0.15, 0.2) is 0 Å². The van der Waals surface area contributed by atoms with Gasteiger partial charge in [-0.25, -0.2) is 0 Å². The lowest BCUT2D eigenvalue weighted by Crippen LogP contribution is -2.46. The summed E-state index contributed by atoms with van der Waals surface area (Å²) >= 11 is 0. The Morgan fingerprint density at radius 3 is 2.11 bits per heavy atom. The van der Waals surface area contributed by atoms with E-state index in [2.05, 4.69) is 5.32 Å². The smallest absolute Gasteiger partial charge is 0.351 e. The second-order valence-electron chi connectivity index (χ2n) is 4.84. The van der Waals surface area contributed by atoms with Gasteiger partial charge in [-0.3, -0.25) is 4.79 Å². The number of carbonyl (C=O) groups is 1. The number of carbonyl (C=O) groups excluding carboxylic acids is 1. The van der Waals surface area contributed by atoms with Crippen LogP contribution in [-0.4, -0.2) is 24.2 Å². The minimum Gasteiger partial charge on any atom is -0.351 e. The van der Waals surface area contributed by atoms with Crippen molar-refractivity contribution in [1.82, 2.24) is 5.32 Å². The number of hydrogen-bond donors (Lipinski definition) is 2. The summed E-state index contributed by atoms with van der Waals surface area (Å²) in [6, 6.07) is 0. The van der Waals surface area contributed by atoms with Gasteiger partial charge in [0.2, 0.25) is 5.91 Å². The predicted octanol–water partition coefficient (Wildman–Crippen LogP) is 2.60. The SMILES string of the molecule is CCC(C)(CC)NC(=O)CC(CCN)C(F)(F)F. The fraction of sp³-hybridized carbons (Fsp3) is 0.917. The zero-order valence-electron chi connectivity index (χ0n) is 11.2. The lowest BCUT2D eigenvalue weighted by molar-refractivity contribution is -0.180. The quantitative estimate of drug-likeness (QED) is 0.745. The summed E-state index contributed by atoms with van der Waals surface area (Å²) < 4.78 is 37.9. The summed E-state index contributed by atoms with van der Waals surface area (Å²) in [6.45, 7) is 5.54. The van der Waals surface area contributed by atoms with Crippen LogP contribution in [0.15, 0.2) is 0 Å². The van der Waals surface area contributed by atoms with E-state index in [4.69, 9.17) is 5.73 Å². The highest BCUT2D eigenvalue weighted by molar-refractivity contribution is 5.77. The van der Waals surface area contributed by atoms with E-state index < -0.39 is 30.0 Å². The molecule has 0 aliphatic rings. The van der Waals surface area contributed by atoms with Crippen LogP contribution < -0.4 is 11.1 Å². The first-order valence-corrected chi connectivity index (χ1v) is 6.26. The Bertz CT molecular complexity index is 263. The lowest BCUT2D eigenvalue weighted by atomic mass is 9.94. The van der Waals surface area contributed by atoms with Gasteiger partial charge < -0.3 is 11.1 Å². The molecule has 0 aromatic rings. The van der Waals surface area contributed by atoms with Crippen molar-refractivity contribution in [3.8, 4) is 0 Å². The number of hydrogen-bond acceptors (Lipinski definition) is 2. The number of alkyl halides is 3. The second-order valence-corrected chi connectivity index (χ2v) is 4.84. The fourth-order valence-corrected chi connectivity index (χ4v) is 1.62. The molecule has 0 aromatic carbocycles. The van der Waals surface area contributed by atoms with Crippen molar-refractivity contribution in [1.29, 1.82) is 0 Å². The molecule has 108 valence electrons. The van der Waals surface area contributed by atoms with Gasteiger partial charge in [-0.05, 0) is 32.7 Å². The van der Waals surface area contributed by atoms with E-state index in [1.807, 2.05) is 20.8 Å². The predicted molar refractivity (Wildman–Crippen MR) is 65.0 cm³/mol. The Kier molecular flexibility index (Phi) is 6.67. The summed E-state index contributed by atoms with van der Waals surface area (Å²) in [6.07, 6.45) is -3.76. The third-order valence-electron chi connectivity index (χ3n) is 3.41. The maximum atomic E-state index is 12.6. The molecule has 0 heterocycles. The first-order valence-electron chi connectivity index (χ1n) is 6.26. The topological polar surface area (TPSA) is 55.1 Å². The second kappa shape index (κ2) is 6.97. The van der Waals surface area contributed by atoms with Crippen molar-refractivity contribution in [3.05, 3.63) is 0 Å². The standard InChI is InChI=1S/C12H23F3N2O/c1-4-11(3,5-2)17-10(18)8-9(6-7-16)12(13,14)15/h9H,4-8,16H2,1-3H3,(H,17,18). The number of rotatable bonds is 7. The van der Waals surface area contributed by atoms with E-state index >= 15 is 0 Å². The van der Waals surface area contributed by atoms with Crippen LogP contribution in [0.3, 0.4) is 0 Å². The van der Waals surface area contributed by atoms with E-state index in [0.29, 0.717) is 12.8 Å². The van der Waals surface area contributed by atoms with Crippen LogP contribution >= 0.6 is 0 Å². The molecule has 1 unspecified atom stereocenters. The Hall–Kier alpha value is -0.780. The molecule has 0 fully saturated rings.